The summed E-state index contributed by atoms with van der Waals surface area (Å²) < 4.78 is 10.9. The lowest BCUT2D eigenvalue weighted by atomic mass is 10.1. The third kappa shape index (κ3) is 2.68. The number of hydrogen-bond donors (Lipinski definition) is 2. The number of carbonyl (C=O) groups excluding carboxylic acids is 1. The molecule has 17 heavy (non-hydrogen) atoms. The monoisotopic (exact) mass is 236 g/mol. The van der Waals surface area contributed by atoms with Crippen LogP contribution in [0.3, 0.4) is 0 Å². The van der Waals surface area contributed by atoms with E-state index in [-0.39, 0.29) is 11.9 Å². The van der Waals surface area contributed by atoms with E-state index in [1.807, 2.05) is 6.92 Å². The summed E-state index contributed by atoms with van der Waals surface area (Å²) in [6.07, 6.45) is 0. The van der Waals surface area contributed by atoms with Gasteiger partial charge in [-0.1, -0.05) is 6.07 Å². The van der Waals surface area contributed by atoms with E-state index in [0.717, 1.165) is 0 Å². The van der Waals surface area contributed by atoms with Gasteiger partial charge in [0, 0.05) is 12.6 Å². The van der Waals surface area contributed by atoms with Crippen LogP contribution in [0.15, 0.2) is 18.2 Å². The van der Waals surface area contributed by atoms with Crippen molar-refractivity contribution in [2.24, 2.45) is 5.73 Å². The molecule has 3 N–H and O–H groups in total. The fraction of sp³-hybridized carbons (Fsp3) is 0.417. The van der Waals surface area contributed by atoms with Crippen molar-refractivity contribution in [2.45, 2.75) is 13.0 Å². The maximum atomic E-state index is 11.9. The van der Waals surface area contributed by atoms with Gasteiger partial charge in [-0.05, 0) is 19.1 Å². The van der Waals surface area contributed by atoms with Crippen LogP contribution in [0.2, 0.25) is 0 Å². The normalized spacial score (nSPS) is 15.2. The predicted octanol–water partition coefficient (Wildman–Crippen LogP) is 0.535. The Morgan fingerprint density at radius 3 is 3.00 bits per heavy atom. The molecule has 92 valence electrons. The van der Waals surface area contributed by atoms with Gasteiger partial charge in [0.1, 0.15) is 13.2 Å². The molecule has 1 aromatic rings. The Morgan fingerprint density at radius 2 is 2.24 bits per heavy atom. The lowest BCUT2D eigenvalue weighted by Gasteiger charge is -2.20. The molecule has 0 spiro atoms. The molecule has 1 heterocycles. The van der Waals surface area contributed by atoms with E-state index in [2.05, 4.69) is 5.32 Å². The van der Waals surface area contributed by atoms with Gasteiger partial charge in [-0.2, -0.15) is 0 Å². The number of para-hydroxylation sites is 1. The van der Waals surface area contributed by atoms with Gasteiger partial charge in [-0.3, -0.25) is 4.79 Å². The zero-order valence-corrected chi connectivity index (χ0v) is 9.73. The topological polar surface area (TPSA) is 73.6 Å². The molecule has 1 unspecified atom stereocenters. The van der Waals surface area contributed by atoms with Crippen LogP contribution in [0.1, 0.15) is 17.3 Å². The van der Waals surface area contributed by atoms with Crippen LogP contribution in [0.5, 0.6) is 11.5 Å². The molecule has 1 atom stereocenters. The SMILES string of the molecule is CC(N)CNC(=O)c1cccc2c1OCCO2. The standard InChI is InChI=1S/C12H16N2O3/c1-8(13)7-14-12(15)9-3-2-4-10-11(9)17-6-5-16-10/h2-4,8H,5-7,13H2,1H3,(H,14,15). The summed E-state index contributed by atoms with van der Waals surface area (Å²) in [6.45, 7) is 3.24. The average Bonchev–Trinajstić information content (AvgIpc) is 2.35. The lowest BCUT2D eigenvalue weighted by molar-refractivity contribution is 0.0940. The summed E-state index contributed by atoms with van der Waals surface area (Å²) in [6, 6.07) is 5.20. The fourth-order valence-corrected chi connectivity index (χ4v) is 1.60. The molecule has 1 aromatic carbocycles. The number of nitrogens with one attached hydrogen (secondary N) is 1. The number of amides is 1. The second-order valence-electron chi connectivity index (χ2n) is 4.02. The molecule has 0 saturated carbocycles. The molecule has 2 rings (SSSR count). The Morgan fingerprint density at radius 1 is 1.47 bits per heavy atom. The molecule has 0 aromatic heterocycles. The predicted molar refractivity (Wildman–Crippen MR) is 63.4 cm³/mol. The van der Waals surface area contributed by atoms with Gasteiger partial charge < -0.3 is 20.5 Å². The minimum Gasteiger partial charge on any atom is -0.486 e. The van der Waals surface area contributed by atoms with E-state index < -0.39 is 0 Å². The Hall–Kier alpha value is -1.75. The van der Waals surface area contributed by atoms with E-state index >= 15 is 0 Å². The molecule has 0 saturated heterocycles. The number of nitrogens with two attached hydrogens (primary N) is 1. The van der Waals surface area contributed by atoms with Crippen molar-refractivity contribution in [3.63, 3.8) is 0 Å². The zero-order valence-electron chi connectivity index (χ0n) is 9.73. The molecule has 5 heteroatoms. The van der Waals surface area contributed by atoms with Gasteiger partial charge in [0.15, 0.2) is 11.5 Å². The van der Waals surface area contributed by atoms with Gasteiger partial charge in [0.2, 0.25) is 0 Å². The van der Waals surface area contributed by atoms with Crippen LogP contribution >= 0.6 is 0 Å². The molecule has 1 aliphatic rings. The fourth-order valence-electron chi connectivity index (χ4n) is 1.60. The first-order valence-corrected chi connectivity index (χ1v) is 5.61. The number of ether oxygens (including phenoxy) is 2. The summed E-state index contributed by atoms with van der Waals surface area (Å²) >= 11 is 0. The van der Waals surface area contributed by atoms with Crippen molar-refractivity contribution in [3.05, 3.63) is 23.8 Å². The Bertz CT molecular complexity index is 418. The summed E-state index contributed by atoms with van der Waals surface area (Å²) in [5, 5.41) is 2.75. The van der Waals surface area contributed by atoms with Crippen molar-refractivity contribution in [3.8, 4) is 11.5 Å². The third-order valence-corrected chi connectivity index (χ3v) is 2.40. The van der Waals surface area contributed by atoms with Crippen LogP contribution in [0, 0.1) is 0 Å². The van der Waals surface area contributed by atoms with Crippen LogP contribution in [0.25, 0.3) is 0 Å². The van der Waals surface area contributed by atoms with Gasteiger partial charge in [-0.25, -0.2) is 0 Å². The summed E-state index contributed by atoms with van der Waals surface area (Å²) in [4.78, 5) is 11.9. The van der Waals surface area contributed by atoms with Crippen molar-refractivity contribution in [2.75, 3.05) is 19.8 Å². The molecule has 0 radical (unpaired) electrons. The number of benzene rings is 1. The highest BCUT2D eigenvalue weighted by Gasteiger charge is 2.20. The Kier molecular flexibility index (Phi) is 3.49. The molecule has 1 aliphatic heterocycles. The number of carbonyl (C=O) groups is 1. The highest BCUT2D eigenvalue weighted by Crippen LogP contribution is 2.33. The van der Waals surface area contributed by atoms with Crippen molar-refractivity contribution in [1.82, 2.24) is 5.32 Å². The maximum Gasteiger partial charge on any atom is 0.255 e. The molecular formula is C12H16N2O3. The molecule has 1 amide bonds. The third-order valence-electron chi connectivity index (χ3n) is 2.40. The number of fused-ring (bicyclic) bond motifs is 1. The van der Waals surface area contributed by atoms with Crippen molar-refractivity contribution >= 4 is 5.91 Å². The highest BCUT2D eigenvalue weighted by molar-refractivity contribution is 5.97. The molecule has 5 nitrogen and oxygen atoms in total. The highest BCUT2D eigenvalue weighted by atomic mass is 16.6. The first kappa shape index (κ1) is 11.7. The van der Waals surface area contributed by atoms with Gasteiger partial charge >= 0.3 is 0 Å². The van der Waals surface area contributed by atoms with Crippen molar-refractivity contribution in [1.29, 1.82) is 0 Å². The second kappa shape index (κ2) is 5.05. The number of rotatable bonds is 3. The Labute approximate surface area is 99.9 Å². The minimum atomic E-state index is -0.190. The quantitative estimate of drug-likeness (QED) is 0.803. The Balaban J connectivity index is 2.17. The maximum absolute atomic E-state index is 11.9. The molecule has 0 aliphatic carbocycles. The van der Waals surface area contributed by atoms with Crippen LogP contribution < -0.4 is 20.5 Å². The van der Waals surface area contributed by atoms with E-state index in [1.54, 1.807) is 18.2 Å². The lowest BCUT2D eigenvalue weighted by Crippen LogP contribution is -2.35. The van der Waals surface area contributed by atoms with E-state index in [1.165, 1.54) is 0 Å². The van der Waals surface area contributed by atoms with Gasteiger partial charge in [0.25, 0.3) is 5.91 Å². The molecular weight excluding hydrogens is 220 g/mol. The van der Waals surface area contributed by atoms with Crippen LogP contribution in [0.4, 0.5) is 0 Å². The van der Waals surface area contributed by atoms with E-state index in [0.29, 0.717) is 36.8 Å². The smallest absolute Gasteiger partial charge is 0.255 e. The second-order valence-corrected chi connectivity index (χ2v) is 4.02. The molecule has 0 bridgehead atoms. The van der Waals surface area contributed by atoms with Gasteiger partial charge in [-0.15, -0.1) is 0 Å². The van der Waals surface area contributed by atoms with Crippen LogP contribution in [-0.4, -0.2) is 31.7 Å². The number of hydrogen-bond acceptors (Lipinski definition) is 4. The summed E-state index contributed by atoms with van der Waals surface area (Å²) in [7, 11) is 0. The summed E-state index contributed by atoms with van der Waals surface area (Å²) in [5.74, 6) is 0.940. The van der Waals surface area contributed by atoms with Crippen molar-refractivity contribution < 1.29 is 14.3 Å². The molecule has 0 fully saturated rings. The van der Waals surface area contributed by atoms with Gasteiger partial charge in [0.05, 0.1) is 5.56 Å². The minimum absolute atomic E-state index is 0.0735. The van der Waals surface area contributed by atoms with E-state index in [4.69, 9.17) is 15.2 Å². The first-order chi connectivity index (χ1) is 8.18. The largest absolute Gasteiger partial charge is 0.486 e. The zero-order chi connectivity index (χ0) is 12.3. The van der Waals surface area contributed by atoms with E-state index in [9.17, 15) is 4.79 Å². The average molecular weight is 236 g/mol. The van der Waals surface area contributed by atoms with Crippen LogP contribution in [-0.2, 0) is 0 Å². The summed E-state index contributed by atoms with van der Waals surface area (Å²) in [5.41, 5.74) is 6.07. The first-order valence-electron chi connectivity index (χ1n) is 5.61.